The van der Waals surface area contributed by atoms with Crippen molar-refractivity contribution in [3.63, 3.8) is 0 Å². The first-order chi connectivity index (χ1) is 20.5. The van der Waals surface area contributed by atoms with E-state index in [1.807, 2.05) is 0 Å². The van der Waals surface area contributed by atoms with E-state index in [1.165, 1.54) is 58.9 Å². The maximum Gasteiger partial charge on any atom is 0.411 e. The second-order valence-corrected chi connectivity index (χ2v) is 9.52. The summed E-state index contributed by atoms with van der Waals surface area (Å²) in [5.74, 6) is -2.35. The molecule has 0 aliphatic carbocycles. The molecule has 12 nitrogen and oxygen atoms in total. The number of pyridine rings is 1. The molecule has 0 aliphatic rings. The zero-order valence-corrected chi connectivity index (χ0v) is 23.0. The van der Waals surface area contributed by atoms with Crippen molar-refractivity contribution in [3.05, 3.63) is 111 Å². The molecule has 0 radical (unpaired) electrons. The normalized spacial score (nSPS) is 11.0. The van der Waals surface area contributed by atoms with Crippen LogP contribution in [0.5, 0.6) is 11.5 Å². The summed E-state index contributed by atoms with van der Waals surface area (Å²) in [4.78, 5) is 51.2. The number of amides is 2. The second kappa shape index (κ2) is 11.6. The van der Waals surface area contributed by atoms with E-state index in [2.05, 4.69) is 20.5 Å². The van der Waals surface area contributed by atoms with E-state index in [4.69, 9.17) is 4.74 Å². The molecule has 220 valence electrons. The molecule has 0 unspecified atom stereocenters. The van der Waals surface area contributed by atoms with E-state index in [9.17, 15) is 23.6 Å². The zero-order chi connectivity index (χ0) is 30.8. The standard InChI is InChI=1S/C29H24F2N6O6/c1-16(2)35-15-21(27(39)37(29(35)41)20-7-4-17(30)5-8-20)26(38)33-18-6-9-24(22(31)12-18)43-25-13-19(34-28(40)42-3)14-36-23(25)10-11-32-36/h4-16H,1-3H3,(H,33,38)(H,34,40). The number of nitrogens with one attached hydrogen (secondary N) is 2. The molecule has 3 aromatic heterocycles. The Morgan fingerprint density at radius 1 is 0.907 bits per heavy atom. The van der Waals surface area contributed by atoms with Crippen LogP contribution >= 0.6 is 0 Å². The average Bonchev–Trinajstić information content (AvgIpc) is 3.44. The molecule has 5 rings (SSSR count). The number of anilines is 2. The summed E-state index contributed by atoms with van der Waals surface area (Å²) < 4.78 is 42.4. The van der Waals surface area contributed by atoms with E-state index in [0.717, 1.165) is 29.0 Å². The molecule has 2 N–H and O–H groups in total. The fourth-order valence-electron chi connectivity index (χ4n) is 4.21. The number of nitrogens with zero attached hydrogens (tertiary/aromatic N) is 4. The third-order valence-corrected chi connectivity index (χ3v) is 6.31. The highest BCUT2D eigenvalue weighted by atomic mass is 19.1. The highest BCUT2D eigenvalue weighted by Gasteiger charge is 2.21. The number of carbonyl (C=O) groups is 2. The van der Waals surface area contributed by atoms with Gasteiger partial charge >= 0.3 is 11.8 Å². The Bertz CT molecular complexity index is 1980. The zero-order valence-electron chi connectivity index (χ0n) is 23.0. The van der Waals surface area contributed by atoms with Gasteiger partial charge in [0.1, 0.15) is 16.9 Å². The summed E-state index contributed by atoms with van der Waals surface area (Å²) in [6, 6.07) is 10.9. The Morgan fingerprint density at radius 2 is 1.65 bits per heavy atom. The minimum absolute atomic E-state index is 0.000451. The lowest BCUT2D eigenvalue weighted by atomic mass is 10.2. The summed E-state index contributed by atoms with van der Waals surface area (Å²) >= 11 is 0. The molecule has 0 spiro atoms. The van der Waals surface area contributed by atoms with Gasteiger partial charge in [0, 0.05) is 30.1 Å². The van der Waals surface area contributed by atoms with Gasteiger partial charge in [0.05, 0.1) is 30.9 Å². The number of aromatic nitrogens is 4. The number of carbonyl (C=O) groups excluding carboxylic acids is 2. The number of hydrogen-bond donors (Lipinski definition) is 2. The molecular formula is C29H24F2N6O6. The Hall–Kier alpha value is -5.79. The number of benzene rings is 2. The van der Waals surface area contributed by atoms with E-state index in [0.29, 0.717) is 5.52 Å². The topological polar surface area (TPSA) is 138 Å². The monoisotopic (exact) mass is 590 g/mol. The number of ether oxygens (including phenoxy) is 2. The van der Waals surface area contributed by atoms with Crippen LogP contribution in [0, 0.1) is 11.6 Å². The first-order valence-electron chi connectivity index (χ1n) is 12.8. The molecule has 0 bridgehead atoms. The Balaban J connectivity index is 1.44. The summed E-state index contributed by atoms with van der Waals surface area (Å²) in [5, 5.41) is 9.07. The Labute approximate surface area is 241 Å². The van der Waals surface area contributed by atoms with Crippen LogP contribution in [0.4, 0.5) is 25.0 Å². The number of methoxy groups -OCH3 is 1. The molecule has 0 atom stereocenters. The summed E-state index contributed by atoms with van der Waals surface area (Å²) in [6.45, 7) is 3.38. The summed E-state index contributed by atoms with van der Waals surface area (Å²) in [5.41, 5.74) is -1.21. The molecule has 3 heterocycles. The maximum atomic E-state index is 15.2. The average molecular weight is 591 g/mol. The molecule has 2 amide bonds. The predicted octanol–water partition coefficient (Wildman–Crippen LogP) is 4.73. The van der Waals surface area contributed by atoms with Crippen molar-refractivity contribution in [1.29, 1.82) is 0 Å². The van der Waals surface area contributed by atoms with Crippen molar-refractivity contribution in [1.82, 2.24) is 18.7 Å². The number of rotatable bonds is 7. The van der Waals surface area contributed by atoms with Gasteiger partial charge in [0.25, 0.3) is 11.5 Å². The van der Waals surface area contributed by atoms with Crippen molar-refractivity contribution in [3.8, 4) is 17.2 Å². The smallest absolute Gasteiger partial charge is 0.411 e. The van der Waals surface area contributed by atoms with E-state index >= 15 is 4.39 Å². The molecule has 2 aromatic carbocycles. The maximum absolute atomic E-state index is 15.2. The summed E-state index contributed by atoms with van der Waals surface area (Å²) in [7, 11) is 1.21. The number of halogens is 2. The lowest BCUT2D eigenvalue weighted by molar-refractivity contribution is 0.102. The van der Waals surface area contributed by atoms with Gasteiger partial charge in [-0.15, -0.1) is 0 Å². The van der Waals surface area contributed by atoms with Gasteiger partial charge in [0.15, 0.2) is 17.3 Å². The predicted molar refractivity (Wildman–Crippen MR) is 152 cm³/mol. The van der Waals surface area contributed by atoms with Gasteiger partial charge in [-0.3, -0.25) is 19.5 Å². The van der Waals surface area contributed by atoms with Gasteiger partial charge in [-0.2, -0.15) is 5.10 Å². The van der Waals surface area contributed by atoms with Crippen LogP contribution in [0.1, 0.15) is 30.2 Å². The number of fused-ring (bicyclic) bond motifs is 1. The van der Waals surface area contributed by atoms with Crippen LogP contribution in [0.15, 0.2) is 82.8 Å². The van der Waals surface area contributed by atoms with Crippen molar-refractivity contribution in [2.24, 2.45) is 0 Å². The molecule has 0 saturated carbocycles. The quantitative estimate of drug-likeness (QED) is 0.280. The van der Waals surface area contributed by atoms with Crippen molar-refractivity contribution < 1.29 is 27.8 Å². The van der Waals surface area contributed by atoms with E-state index in [-0.39, 0.29) is 28.6 Å². The van der Waals surface area contributed by atoms with Gasteiger partial charge in [-0.25, -0.2) is 27.5 Å². The highest BCUT2D eigenvalue weighted by Crippen LogP contribution is 2.32. The van der Waals surface area contributed by atoms with Crippen LogP contribution in [0.3, 0.4) is 0 Å². The molecule has 0 saturated heterocycles. The number of hydrogen-bond acceptors (Lipinski definition) is 7. The Morgan fingerprint density at radius 3 is 2.33 bits per heavy atom. The van der Waals surface area contributed by atoms with Crippen LogP contribution in [-0.4, -0.2) is 37.9 Å². The molecule has 5 aromatic rings. The van der Waals surface area contributed by atoms with Crippen LogP contribution in [-0.2, 0) is 4.74 Å². The first-order valence-corrected chi connectivity index (χ1v) is 12.8. The van der Waals surface area contributed by atoms with Gasteiger partial charge in [0.2, 0.25) is 0 Å². The van der Waals surface area contributed by atoms with Crippen LogP contribution in [0.2, 0.25) is 0 Å². The van der Waals surface area contributed by atoms with Crippen molar-refractivity contribution >= 4 is 28.9 Å². The van der Waals surface area contributed by atoms with E-state index < -0.39 is 46.5 Å². The van der Waals surface area contributed by atoms with Gasteiger partial charge < -0.3 is 14.8 Å². The third kappa shape index (κ3) is 5.84. The largest absolute Gasteiger partial charge is 0.453 e. The third-order valence-electron chi connectivity index (χ3n) is 6.31. The first kappa shape index (κ1) is 28.7. The minimum atomic E-state index is -0.934. The lowest BCUT2D eigenvalue weighted by Gasteiger charge is -2.16. The minimum Gasteiger partial charge on any atom is -0.453 e. The van der Waals surface area contributed by atoms with Gasteiger partial charge in [-0.1, -0.05) is 0 Å². The molecule has 43 heavy (non-hydrogen) atoms. The van der Waals surface area contributed by atoms with Crippen LogP contribution < -0.4 is 26.6 Å². The van der Waals surface area contributed by atoms with E-state index in [1.54, 1.807) is 19.9 Å². The molecular weight excluding hydrogens is 566 g/mol. The van der Waals surface area contributed by atoms with Gasteiger partial charge in [-0.05, 0) is 56.3 Å². The molecule has 0 aliphatic heterocycles. The lowest BCUT2D eigenvalue weighted by Crippen LogP contribution is -2.42. The fourth-order valence-corrected chi connectivity index (χ4v) is 4.21. The SMILES string of the molecule is COC(=O)Nc1cc(Oc2ccc(NC(=O)c3cn(C(C)C)c(=O)n(-c4ccc(F)cc4)c3=O)cc2F)c2ccnn2c1. The highest BCUT2D eigenvalue weighted by molar-refractivity contribution is 6.03. The molecule has 14 heteroatoms. The Kier molecular flexibility index (Phi) is 7.75. The van der Waals surface area contributed by atoms with Crippen molar-refractivity contribution in [2.75, 3.05) is 17.7 Å². The fraction of sp³-hybridized carbons (Fsp3) is 0.138. The van der Waals surface area contributed by atoms with Crippen LogP contribution in [0.25, 0.3) is 11.2 Å². The second-order valence-electron chi connectivity index (χ2n) is 9.52. The summed E-state index contributed by atoms with van der Waals surface area (Å²) in [6.07, 6.45) is 3.41. The van der Waals surface area contributed by atoms with Crippen molar-refractivity contribution in [2.45, 2.75) is 19.9 Å². The molecule has 0 fully saturated rings.